The average Bonchev–Trinajstić information content (AvgIpc) is 3.15. The molecule has 1 aliphatic rings. The maximum atomic E-state index is 12.0. The van der Waals surface area contributed by atoms with E-state index in [4.69, 9.17) is 4.74 Å². The van der Waals surface area contributed by atoms with Crippen molar-refractivity contribution >= 4 is 23.2 Å². The number of hydrogen-bond donors (Lipinski definition) is 1. The summed E-state index contributed by atoms with van der Waals surface area (Å²) in [5.74, 6) is 0.998. The van der Waals surface area contributed by atoms with Crippen LogP contribution in [0.5, 0.6) is 6.01 Å². The number of anilines is 1. The zero-order valence-corrected chi connectivity index (χ0v) is 13.8. The van der Waals surface area contributed by atoms with Crippen LogP contribution in [-0.2, 0) is 6.54 Å². The highest BCUT2D eigenvalue weighted by atomic mass is 32.1. The first-order valence-corrected chi connectivity index (χ1v) is 8.50. The molecule has 3 heterocycles. The van der Waals surface area contributed by atoms with Crippen LogP contribution in [-0.4, -0.2) is 41.1 Å². The molecule has 0 bridgehead atoms. The predicted molar refractivity (Wildman–Crippen MR) is 87.9 cm³/mol. The van der Waals surface area contributed by atoms with E-state index >= 15 is 0 Å². The normalized spacial score (nSPS) is 14.6. The number of nitrogens with zero attached hydrogens (tertiary/aromatic N) is 4. The molecule has 0 aliphatic carbocycles. The van der Waals surface area contributed by atoms with Crippen molar-refractivity contribution in [3.8, 4) is 6.01 Å². The van der Waals surface area contributed by atoms with Crippen LogP contribution >= 0.6 is 11.3 Å². The van der Waals surface area contributed by atoms with Gasteiger partial charge in [-0.2, -0.15) is 15.0 Å². The molecule has 1 saturated heterocycles. The topological polar surface area (TPSA) is 80.2 Å². The maximum Gasteiger partial charge on any atom is 0.321 e. The zero-order chi connectivity index (χ0) is 16.1. The van der Waals surface area contributed by atoms with Crippen LogP contribution < -0.4 is 15.0 Å². The SMILES string of the molecule is COc1nc(CNC(=O)c2cccs2)nc(N2CCCCC2)n1. The summed E-state index contributed by atoms with van der Waals surface area (Å²) < 4.78 is 5.17. The van der Waals surface area contributed by atoms with Crippen molar-refractivity contribution in [2.75, 3.05) is 25.1 Å². The minimum atomic E-state index is -0.126. The molecule has 2 aromatic heterocycles. The minimum absolute atomic E-state index is 0.126. The Labute approximate surface area is 138 Å². The molecule has 0 saturated carbocycles. The van der Waals surface area contributed by atoms with Crippen molar-refractivity contribution < 1.29 is 9.53 Å². The molecule has 2 aromatic rings. The van der Waals surface area contributed by atoms with Crippen LogP contribution in [0.25, 0.3) is 0 Å². The molecule has 0 aromatic carbocycles. The van der Waals surface area contributed by atoms with Gasteiger partial charge in [0.05, 0.1) is 18.5 Å². The van der Waals surface area contributed by atoms with Crippen LogP contribution in [0.15, 0.2) is 17.5 Å². The summed E-state index contributed by atoms with van der Waals surface area (Å²) in [6.45, 7) is 2.12. The zero-order valence-electron chi connectivity index (χ0n) is 13.0. The van der Waals surface area contributed by atoms with E-state index in [0.717, 1.165) is 25.9 Å². The van der Waals surface area contributed by atoms with Gasteiger partial charge in [-0.15, -0.1) is 11.3 Å². The smallest absolute Gasteiger partial charge is 0.321 e. The molecule has 1 amide bonds. The molecule has 23 heavy (non-hydrogen) atoms. The lowest BCUT2D eigenvalue weighted by Gasteiger charge is -2.26. The fraction of sp³-hybridized carbons (Fsp3) is 0.467. The van der Waals surface area contributed by atoms with E-state index < -0.39 is 0 Å². The molecule has 3 rings (SSSR count). The maximum absolute atomic E-state index is 12.0. The monoisotopic (exact) mass is 333 g/mol. The van der Waals surface area contributed by atoms with E-state index in [-0.39, 0.29) is 18.5 Å². The number of thiophene rings is 1. The highest BCUT2D eigenvalue weighted by Gasteiger charge is 2.17. The number of hydrogen-bond acceptors (Lipinski definition) is 7. The number of amides is 1. The third-order valence-corrected chi connectivity index (χ3v) is 4.49. The summed E-state index contributed by atoms with van der Waals surface area (Å²) in [4.78, 5) is 27.8. The number of rotatable bonds is 5. The third-order valence-electron chi connectivity index (χ3n) is 3.62. The Morgan fingerprint density at radius 3 is 2.83 bits per heavy atom. The number of carbonyl (C=O) groups excluding carboxylic acids is 1. The van der Waals surface area contributed by atoms with Crippen molar-refractivity contribution in [2.24, 2.45) is 0 Å². The van der Waals surface area contributed by atoms with Gasteiger partial charge in [0.15, 0.2) is 5.82 Å². The van der Waals surface area contributed by atoms with E-state index in [1.54, 1.807) is 6.07 Å². The summed E-state index contributed by atoms with van der Waals surface area (Å²) >= 11 is 1.40. The van der Waals surface area contributed by atoms with E-state index in [2.05, 4.69) is 25.2 Å². The number of piperidine rings is 1. The summed E-state index contributed by atoms with van der Waals surface area (Å²) in [5.41, 5.74) is 0. The van der Waals surface area contributed by atoms with Gasteiger partial charge in [-0.3, -0.25) is 4.79 Å². The van der Waals surface area contributed by atoms with Crippen molar-refractivity contribution in [1.82, 2.24) is 20.3 Å². The van der Waals surface area contributed by atoms with Gasteiger partial charge in [-0.25, -0.2) is 0 Å². The molecule has 0 atom stereocenters. The number of nitrogens with one attached hydrogen (secondary N) is 1. The number of aromatic nitrogens is 3. The van der Waals surface area contributed by atoms with Crippen LogP contribution in [0.4, 0.5) is 5.95 Å². The Bertz CT molecular complexity index is 656. The van der Waals surface area contributed by atoms with Crippen LogP contribution in [0.2, 0.25) is 0 Å². The third kappa shape index (κ3) is 3.95. The van der Waals surface area contributed by atoms with Crippen LogP contribution in [0.3, 0.4) is 0 Å². The predicted octanol–water partition coefficient (Wildman–Crippen LogP) is 1.86. The van der Waals surface area contributed by atoms with Gasteiger partial charge in [-0.1, -0.05) is 6.07 Å². The Morgan fingerprint density at radius 2 is 2.13 bits per heavy atom. The standard InChI is InChI=1S/C15H19N5O2S/c1-22-15-18-12(10-16-13(21)11-6-5-9-23-11)17-14(19-15)20-7-3-2-4-8-20/h5-6,9H,2-4,7-8,10H2,1H3,(H,16,21). The lowest BCUT2D eigenvalue weighted by atomic mass is 10.1. The summed E-state index contributed by atoms with van der Waals surface area (Å²) in [5, 5.41) is 4.70. The number of ether oxygens (including phenoxy) is 1. The van der Waals surface area contributed by atoms with Gasteiger partial charge in [0, 0.05) is 13.1 Å². The molecule has 1 N–H and O–H groups in total. The van der Waals surface area contributed by atoms with E-state index in [1.807, 2.05) is 11.4 Å². The first-order valence-electron chi connectivity index (χ1n) is 7.62. The largest absolute Gasteiger partial charge is 0.467 e. The first kappa shape index (κ1) is 15.7. The van der Waals surface area contributed by atoms with Gasteiger partial charge in [0.1, 0.15) is 0 Å². The Hall–Kier alpha value is -2.22. The Morgan fingerprint density at radius 1 is 1.30 bits per heavy atom. The van der Waals surface area contributed by atoms with Gasteiger partial charge >= 0.3 is 6.01 Å². The second-order valence-electron chi connectivity index (χ2n) is 5.25. The highest BCUT2D eigenvalue weighted by molar-refractivity contribution is 7.12. The lowest BCUT2D eigenvalue weighted by molar-refractivity contribution is 0.0953. The van der Waals surface area contributed by atoms with Gasteiger partial charge < -0.3 is 15.0 Å². The molecular formula is C15H19N5O2S. The quantitative estimate of drug-likeness (QED) is 0.899. The van der Waals surface area contributed by atoms with E-state index in [1.165, 1.54) is 24.9 Å². The first-order chi connectivity index (χ1) is 11.3. The van der Waals surface area contributed by atoms with Crippen LogP contribution in [0.1, 0.15) is 34.8 Å². The number of carbonyl (C=O) groups is 1. The number of methoxy groups -OCH3 is 1. The van der Waals surface area contributed by atoms with Gasteiger partial charge in [0.2, 0.25) is 5.95 Å². The fourth-order valence-corrected chi connectivity index (χ4v) is 3.09. The molecule has 0 unspecified atom stereocenters. The second-order valence-corrected chi connectivity index (χ2v) is 6.19. The minimum Gasteiger partial charge on any atom is -0.467 e. The van der Waals surface area contributed by atoms with E-state index in [9.17, 15) is 4.79 Å². The highest BCUT2D eigenvalue weighted by Crippen LogP contribution is 2.17. The van der Waals surface area contributed by atoms with Crippen molar-refractivity contribution in [3.05, 3.63) is 28.2 Å². The van der Waals surface area contributed by atoms with E-state index in [0.29, 0.717) is 16.6 Å². The average molecular weight is 333 g/mol. The van der Waals surface area contributed by atoms with Crippen molar-refractivity contribution in [1.29, 1.82) is 0 Å². The van der Waals surface area contributed by atoms with Crippen molar-refractivity contribution in [3.63, 3.8) is 0 Å². The second kappa shape index (κ2) is 7.36. The molecule has 1 aliphatic heterocycles. The van der Waals surface area contributed by atoms with Crippen molar-refractivity contribution in [2.45, 2.75) is 25.8 Å². The molecule has 7 nitrogen and oxygen atoms in total. The molecule has 1 fully saturated rings. The molecule has 0 radical (unpaired) electrons. The lowest BCUT2D eigenvalue weighted by Crippen LogP contribution is -2.32. The van der Waals surface area contributed by atoms with Gasteiger partial charge in [-0.05, 0) is 30.7 Å². The summed E-state index contributed by atoms with van der Waals surface area (Å²) in [6.07, 6.45) is 3.51. The van der Waals surface area contributed by atoms with Crippen LogP contribution in [0, 0.1) is 0 Å². The molecule has 122 valence electrons. The summed E-state index contributed by atoms with van der Waals surface area (Å²) in [7, 11) is 1.53. The Balaban J connectivity index is 1.71. The molecule has 8 heteroatoms. The molecule has 0 spiro atoms. The Kier molecular flexibility index (Phi) is 5.02. The molecular weight excluding hydrogens is 314 g/mol. The summed E-state index contributed by atoms with van der Waals surface area (Å²) in [6, 6.07) is 3.91. The fourth-order valence-electron chi connectivity index (χ4n) is 2.45. The van der Waals surface area contributed by atoms with Gasteiger partial charge in [0.25, 0.3) is 5.91 Å².